The number of nitrogens with one attached hydrogen (secondary N) is 1. The van der Waals surface area contributed by atoms with Gasteiger partial charge in [-0.25, -0.2) is 10.2 Å². The van der Waals surface area contributed by atoms with E-state index in [2.05, 4.69) is 15.5 Å². The Morgan fingerprint density at radius 3 is 2.76 bits per heavy atom. The lowest BCUT2D eigenvalue weighted by atomic mass is 10.2. The second kappa shape index (κ2) is 9.61. The number of benzene rings is 1. The predicted molar refractivity (Wildman–Crippen MR) is 111 cm³/mol. The van der Waals surface area contributed by atoms with Crippen LogP contribution in [-0.2, 0) is 0 Å². The zero-order valence-corrected chi connectivity index (χ0v) is 16.7. The number of thiophene rings is 1. The van der Waals surface area contributed by atoms with Gasteiger partial charge in [-0.15, -0.1) is 11.3 Å². The summed E-state index contributed by atoms with van der Waals surface area (Å²) in [6, 6.07) is 11.9. The summed E-state index contributed by atoms with van der Waals surface area (Å²) < 4.78 is 11.0. The number of carbonyl (C=O) groups is 2. The molecule has 0 unspecified atom stereocenters. The van der Waals surface area contributed by atoms with Crippen LogP contribution < -0.4 is 14.9 Å². The standard InChI is InChI=1S/C21H19N3O4S/c1-3-27-18-11-15(7-9-17(18)28-21(26)19-5-4-10-29-19)12-23-24-20(25)16-8-6-14(2)22-13-16/h4-13H,3H2,1-2H3,(H,24,25)/b23-12-. The molecule has 29 heavy (non-hydrogen) atoms. The zero-order chi connectivity index (χ0) is 20.6. The van der Waals surface area contributed by atoms with Crippen molar-refractivity contribution in [1.29, 1.82) is 0 Å². The largest absolute Gasteiger partial charge is 0.490 e. The van der Waals surface area contributed by atoms with E-state index in [4.69, 9.17) is 9.47 Å². The van der Waals surface area contributed by atoms with E-state index in [1.54, 1.807) is 47.8 Å². The smallest absolute Gasteiger partial charge is 0.353 e. The second-order valence-corrected chi connectivity index (χ2v) is 6.84. The van der Waals surface area contributed by atoms with Crippen LogP contribution in [-0.4, -0.2) is 29.7 Å². The van der Waals surface area contributed by atoms with Crippen LogP contribution >= 0.6 is 11.3 Å². The fourth-order valence-electron chi connectivity index (χ4n) is 2.33. The number of carbonyl (C=O) groups excluding carboxylic acids is 2. The molecule has 0 radical (unpaired) electrons. The molecule has 0 saturated heterocycles. The lowest BCUT2D eigenvalue weighted by Gasteiger charge is -2.10. The molecule has 3 aromatic rings. The summed E-state index contributed by atoms with van der Waals surface area (Å²) in [7, 11) is 0. The fourth-order valence-corrected chi connectivity index (χ4v) is 2.93. The van der Waals surface area contributed by atoms with E-state index in [1.165, 1.54) is 23.7 Å². The first-order chi connectivity index (χ1) is 14.1. The Morgan fingerprint density at radius 2 is 2.07 bits per heavy atom. The lowest BCUT2D eigenvalue weighted by molar-refractivity contribution is 0.0733. The number of nitrogens with zero attached hydrogens (tertiary/aromatic N) is 2. The van der Waals surface area contributed by atoms with E-state index < -0.39 is 5.97 Å². The summed E-state index contributed by atoms with van der Waals surface area (Å²) in [5.74, 6) is -0.0748. The fraction of sp³-hybridized carbons (Fsp3) is 0.143. The minimum Gasteiger partial charge on any atom is -0.490 e. The Labute approximate surface area is 172 Å². The summed E-state index contributed by atoms with van der Waals surface area (Å²) in [6.45, 7) is 4.08. The van der Waals surface area contributed by atoms with E-state index in [1.807, 2.05) is 13.8 Å². The number of hydrogen-bond acceptors (Lipinski definition) is 7. The van der Waals surface area contributed by atoms with Crippen LogP contribution in [0.3, 0.4) is 0 Å². The molecule has 0 spiro atoms. The molecular formula is C21H19N3O4S. The number of hydrogen-bond donors (Lipinski definition) is 1. The Hall–Kier alpha value is -3.52. The second-order valence-electron chi connectivity index (χ2n) is 5.89. The maximum absolute atomic E-state index is 12.2. The van der Waals surface area contributed by atoms with Crippen molar-refractivity contribution in [2.24, 2.45) is 5.10 Å². The van der Waals surface area contributed by atoms with Crippen molar-refractivity contribution in [2.75, 3.05) is 6.61 Å². The average molecular weight is 409 g/mol. The average Bonchev–Trinajstić information content (AvgIpc) is 3.25. The van der Waals surface area contributed by atoms with E-state index in [0.717, 1.165) is 5.69 Å². The van der Waals surface area contributed by atoms with Crippen LogP contribution in [0.15, 0.2) is 59.1 Å². The van der Waals surface area contributed by atoms with E-state index in [9.17, 15) is 9.59 Å². The molecule has 0 fully saturated rings. The van der Waals surface area contributed by atoms with Gasteiger partial charge >= 0.3 is 5.97 Å². The van der Waals surface area contributed by atoms with Crippen LogP contribution in [0.5, 0.6) is 11.5 Å². The first kappa shape index (κ1) is 20.2. The van der Waals surface area contributed by atoms with Crippen molar-refractivity contribution in [1.82, 2.24) is 10.4 Å². The summed E-state index contributed by atoms with van der Waals surface area (Å²) in [4.78, 5) is 28.8. The van der Waals surface area contributed by atoms with Gasteiger partial charge in [0.1, 0.15) is 4.88 Å². The number of pyridine rings is 1. The predicted octanol–water partition coefficient (Wildman–Crippen LogP) is 3.83. The Morgan fingerprint density at radius 1 is 1.21 bits per heavy atom. The van der Waals surface area contributed by atoms with Crippen LogP contribution in [0, 0.1) is 6.92 Å². The third kappa shape index (κ3) is 5.49. The molecule has 0 bridgehead atoms. The van der Waals surface area contributed by atoms with Gasteiger partial charge in [-0.2, -0.15) is 5.10 Å². The van der Waals surface area contributed by atoms with Gasteiger partial charge in [-0.1, -0.05) is 6.07 Å². The zero-order valence-electron chi connectivity index (χ0n) is 15.9. The number of ether oxygens (including phenoxy) is 2. The monoisotopic (exact) mass is 409 g/mol. The molecule has 0 saturated carbocycles. The lowest BCUT2D eigenvalue weighted by Crippen LogP contribution is -2.17. The molecule has 1 amide bonds. The Kier molecular flexibility index (Phi) is 6.70. The van der Waals surface area contributed by atoms with E-state index in [-0.39, 0.29) is 5.91 Å². The first-order valence-corrected chi connectivity index (χ1v) is 9.73. The third-order valence-electron chi connectivity index (χ3n) is 3.75. The van der Waals surface area contributed by atoms with Crippen molar-refractivity contribution in [3.63, 3.8) is 0 Å². The first-order valence-electron chi connectivity index (χ1n) is 8.85. The van der Waals surface area contributed by atoms with Crippen molar-refractivity contribution in [3.05, 3.63) is 75.7 Å². The van der Waals surface area contributed by atoms with Gasteiger partial charge in [-0.3, -0.25) is 9.78 Å². The number of hydrazone groups is 1. The van der Waals surface area contributed by atoms with Crippen molar-refractivity contribution < 1.29 is 19.1 Å². The SMILES string of the molecule is CCOc1cc(/C=N\NC(=O)c2ccc(C)nc2)ccc1OC(=O)c1cccs1. The van der Waals surface area contributed by atoms with Gasteiger partial charge in [0.15, 0.2) is 11.5 Å². The molecule has 0 atom stereocenters. The molecule has 2 aromatic heterocycles. The molecule has 0 aliphatic rings. The van der Waals surface area contributed by atoms with E-state index in [0.29, 0.717) is 34.1 Å². The van der Waals surface area contributed by atoms with Crippen molar-refractivity contribution >= 4 is 29.4 Å². The van der Waals surface area contributed by atoms with E-state index >= 15 is 0 Å². The number of amides is 1. The number of aryl methyl sites for hydroxylation is 1. The van der Waals surface area contributed by atoms with Crippen LogP contribution in [0.25, 0.3) is 0 Å². The highest BCUT2D eigenvalue weighted by atomic mass is 32.1. The van der Waals surface area contributed by atoms with Gasteiger partial charge in [0.25, 0.3) is 5.91 Å². The summed E-state index contributed by atoms with van der Waals surface area (Å²) >= 11 is 1.30. The Balaban J connectivity index is 1.68. The summed E-state index contributed by atoms with van der Waals surface area (Å²) in [6.07, 6.45) is 2.97. The quantitative estimate of drug-likeness (QED) is 0.277. The topological polar surface area (TPSA) is 89.9 Å². The molecule has 0 aliphatic carbocycles. The molecular weight excluding hydrogens is 390 g/mol. The molecule has 2 heterocycles. The van der Waals surface area contributed by atoms with Gasteiger partial charge in [0.2, 0.25) is 0 Å². The minimum absolute atomic E-state index is 0.317. The third-order valence-corrected chi connectivity index (χ3v) is 4.60. The highest BCUT2D eigenvalue weighted by molar-refractivity contribution is 7.12. The number of esters is 1. The molecule has 7 nitrogen and oxygen atoms in total. The maximum Gasteiger partial charge on any atom is 0.353 e. The van der Waals surface area contributed by atoms with Crippen LogP contribution in [0.2, 0.25) is 0 Å². The molecule has 0 aliphatic heterocycles. The molecule has 1 N–H and O–H groups in total. The number of aromatic nitrogens is 1. The van der Waals surface area contributed by atoms with Crippen LogP contribution in [0.4, 0.5) is 0 Å². The van der Waals surface area contributed by atoms with Gasteiger partial charge in [0.05, 0.1) is 18.4 Å². The highest BCUT2D eigenvalue weighted by Crippen LogP contribution is 2.29. The van der Waals surface area contributed by atoms with Crippen molar-refractivity contribution in [3.8, 4) is 11.5 Å². The van der Waals surface area contributed by atoms with Crippen LogP contribution in [0.1, 0.15) is 38.2 Å². The highest BCUT2D eigenvalue weighted by Gasteiger charge is 2.14. The van der Waals surface area contributed by atoms with Gasteiger partial charge in [-0.05, 0) is 61.2 Å². The normalized spacial score (nSPS) is 10.7. The summed E-state index contributed by atoms with van der Waals surface area (Å²) in [5, 5.41) is 5.76. The molecule has 8 heteroatoms. The molecule has 1 aromatic carbocycles. The maximum atomic E-state index is 12.2. The van der Waals surface area contributed by atoms with Crippen molar-refractivity contribution in [2.45, 2.75) is 13.8 Å². The number of rotatable bonds is 7. The molecule has 3 rings (SSSR count). The minimum atomic E-state index is -0.443. The summed E-state index contributed by atoms with van der Waals surface area (Å²) in [5.41, 5.74) is 4.36. The molecule has 148 valence electrons. The van der Waals surface area contributed by atoms with Gasteiger partial charge < -0.3 is 9.47 Å². The van der Waals surface area contributed by atoms with Gasteiger partial charge in [0, 0.05) is 11.9 Å². The Bertz CT molecular complexity index is 1010.